The van der Waals surface area contributed by atoms with Crippen molar-refractivity contribution >= 4 is 50.0 Å². The Morgan fingerprint density at radius 2 is 2.06 bits per heavy atom. The largest absolute Gasteiger partial charge is 0.329 e. The van der Waals surface area contributed by atoms with Crippen LogP contribution in [0, 0.1) is 0 Å². The van der Waals surface area contributed by atoms with Crippen molar-refractivity contribution in [3.8, 4) is 0 Å². The average Bonchev–Trinajstić information content (AvgIpc) is 2.14. The third-order valence-electron chi connectivity index (χ3n) is 1.62. The molecule has 0 aliphatic heterocycles. The normalized spacial score (nSPS) is 10.9. The molecule has 0 aromatic heterocycles. The minimum atomic E-state index is -3.51. The van der Waals surface area contributed by atoms with Gasteiger partial charge in [-0.3, -0.25) is 0 Å². The first-order valence-electron chi connectivity index (χ1n) is 4.12. The highest BCUT2D eigenvalue weighted by Crippen LogP contribution is 2.24. The maximum absolute atomic E-state index is 11.7. The van der Waals surface area contributed by atoms with E-state index in [0.29, 0.717) is 9.50 Å². The van der Waals surface area contributed by atoms with Gasteiger partial charge in [0.1, 0.15) is 0 Å². The molecule has 8 heteroatoms. The predicted molar refractivity (Wildman–Crippen MR) is 70.6 cm³/mol. The topological polar surface area (TPSA) is 72.2 Å². The van der Waals surface area contributed by atoms with E-state index in [1.165, 1.54) is 18.2 Å². The van der Waals surface area contributed by atoms with Gasteiger partial charge in [-0.1, -0.05) is 11.6 Å². The van der Waals surface area contributed by atoms with Crippen LogP contribution in [0.15, 0.2) is 27.6 Å². The molecule has 0 radical (unpaired) electrons. The van der Waals surface area contributed by atoms with Crippen LogP contribution in [0.5, 0.6) is 0 Å². The van der Waals surface area contributed by atoms with Crippen LogP contribution in [-0.4, -0.2) is 21.5 Å². The molecule has 0 spiro atoms. The average molecular weight is 350 g/mol. The highest BCUT2D eigenvalue weighted by molar-refractivity contribution is 9.10. The molecule has 1 aromatic carbocycles. The number of rotatable bonds is 4. The lowest BCUT2D eigenvalue weighted by Crippen LogP contribution is -2.29. The summed E-state index contributed by atoms with van der Waals surface area (Å²) in [7, 11) is -3.51. The number of nitrogens with one attached hydrogen (secondary N) is 1. The number of hydrogen-bond donors (Lipinski definition) is 2. The Hall–Kier alpha value is 0.150. The number of halogens is 3. The Labute approximate surface area is 114 Å². The van der Waals surface area contributed by atoms with Crippen LogP contribution in [0.2, 0.25) is 5.02 Å². The second-order valence-electron chi connectivity index (χ2n) is 2.76. The Balaban J connectivity index is 0.00000225. The molecule has 0 heterocycles. The lowest BCUT2D eigenvalue weighted by molar-refractivity contribution is 0.581. The molecule has 0 bridgehead atoms. The van der Waals surface area contributed by atoms with Gasteiger partial charge in [-0.2, -0.15) is 0 Å². The molecule has 4 nitrogen and oxygen atoms in total. The van der Waals surface area contributed by atoms with Crippen molar-refractivity contribution < 1.29 is 8.42 Å². The third-order valence-corrected chi connectivity index (χ3v) is 4.29. The molecule has 0 amide bonds. The molecule has 92 valence electrons. The number of nitrogens with two attached hydrogens (primary N) is 1. The maximum atomic E-state index is 11.7. The van der Waals surface area contributed by atoms with Crippen molar-refractivity contribution in [3.05, 3.63) is 27.7 Å². The first kappa shape index (κ1) is 16.1. The van der Waals surface area contributed by atoms with E-state index in [9.17, 15) is 8.42 Å². The van der Waals surface area contributed by atoms with E-state index in [2.05, 4.69) is 20.7 Å². The Morgan fingerprint density at radius 1 is 1.44 bits per heavy atom. The Bertz CT molecular complexity index is 453. The summed E-state index contributed by atoms with van der Waals surface area (Å²) in [4.78, 5) is 0.153. The molecule has 16 heavy (non-hydrogen) atoms. The van der Waals surface area contributed by atoms with Gasteiger partial charge in [0.05, 0.1) is 4.90 Å². The quantitative estimate of drug-likeness (QED) is 0.869. The van der Waals surface area contributed by atoms with Crippen LogP contribution in [0.25, 0.3) is 0 Å². The molecular formula is C8H11BrCl2N2O2S. The molecule has 0 aliphatic rings. The van der Waals surface area contributed by atoms with Crippen LogP contribution >= 0.6 is 39.9 Å². The molecular weight excluding hydrogens is 339 g/mol. The fraction of sp³-hybridized carbons (Fsp3) is 0.250. The molecule has 3 N–H and O–H groups in total. The second kappa shape index (κ2) is 6.78. The van der Waals surface area contributed by atoms with E-state index in [4.69, 9.17) is 17.3 Å². The third kappa shape index (κ3) is 4.20. The van der Waals surface area contributed by atoms with Crippen molar-refractivity contribution in [3.63, 3.8) is 0 Å². The van der Waals surface area contributed by atoms with Gasteiger partial charge in [0.25, 0.3) is 0 Å². The lowest BCUT2D eigenvalue weighted by Gasteiger charge is -2.07. The van der Waals surface area contributed by atoms with Gasteiger partial charge in [-0.05, 0) is 34.1 Å². The van der Waals surface area contributed by atoms with Gasteiger partial charge < -0.3 is 5.73 Å². The Morgan fingerprint density at radius 3 is 2.56 bits per heavy atom. The second-order valence-corrected chi connectivity index (χ2v) is 5.79. The zero-order chi connectivity index (χ0) is 11.5. The minimum absolute atomic E-state index is 0. The standard InChI is InChI=1S/C8H10BrClN2O2S.ClH/c9-7-5-6(10)1-2-8(7)15(13,14)12-4-3-11;/h1-2,5,12H,3-4,11H2;1H. The van der Waals surface area contributed by atoms with Crippen molar-refractivity contribution in [2.24, 2.45) is 5.73 Å². The summed E-state index contributed by atoms with van der Waals surface area (Å²) in [6, 6.07) is 4.48. The zero-order valence-electron chi connectivity index (χ0n) is 8.11. The summed E-state index contributed by atoms with van der Waals surface area (Å²) < 4.78 is 26.2. The van der Waals surface area contributed by atoms with Gasteiger partial charge in [-0.25, -0.2) is 13.1 Å². The van der Waals surface area contributed by atoms with Crippen molar-refractivity contribution in [1.82, 2.24) is 4.72 Å². The van der Waals surface area contributed by atoms with Gasteiger partial charge in [0.15, 0.2) is 0 Å². The summed E-state index contributed by atoms with van der Waals surface area (Å²) in [5.41, 5.74) is 5.22. The number of hydrogen-bond acceptors (Lipinski definition) is 3. The van der Waals surface area contributed by atoms with Crippen LogP contribution < -0.4 is 10.5 Å². The number of sulfonamides is 1. The highest BCUT2D eigenvalue weighted by atomic mass is 79.9. The Kier molecular flexibility index (Phi) is 6.84. The van der Waals surface area contributed by atoms with Crippen molar-refractivity contribution in [2.75, 3.05) is 13.1 Å². The smallest absolute Gasteiger partial charge is 0.241 e. The molecule has 0 atom stereocenters. The summed E-state index contributed by atoms with van der Waals surface area (Å²) in [6.07, 6.45) is 0. The monoisotopic (exact) mass is 348 g/mol. The lowest BCUT2D eigenvalue weighted by atomic mass is 10.4. The molecule has 1 aromatic rings. The zero-order valence-corrected chi connectivity index (χ0v) is 12.1. The van der Waals surface area contributed by atoms with E-state index in [0.717, 1.165) is 0 Å². The van der Waals surface area contributed by atoms with E-state index in [-0.39, 0.29) is 30.4 Å². The molecule has 0 aliphatic carbocycles. The van der Waals surface area contributed by atoms with E-state index >= 15 is 0 Å². The van der Waals surface area contributed by atoms with Gasteiger partial charge >= 0.3 is 0 Å². The summed E-state index contributed by atoms with van der Waals surface area (Å²) >= 11 is 8.85. The SMILES string of the molecule is Cl.NCCNS(=O)(=O)c1ccc(Cl)cc1Br. The first-order chi connectivity index (χ1) is 6.97. The molecule has 0 unspecified atom stereocenters. The van der Waals surface area contributed by atoms with Crippen LogP contribution in [0.4, 0.5) is 0 Å². The van der Waals surface area contributed by atoms with Gasteiger partial charge in [0.2, 0.25) is 10.0 Å². The van der Waals surface area contributed by atoms with Crippen LogP contribution in [-0.2, 0) is 10.0 Å². The first-order valence-corrected chi connectivity index (χ1v) is 6.77. The predicted octanol–water partition coefficient (Wildman–Crippen LogP) is 1.76. The summed E-state index contributed by atoms with van der Waals surface area (Å²) in [6.45, 7) is 0.460. The van der Waals surface area contributed by atoms with E-state index < -0.39 is 10.0 Å². The van der Waals surface area contributed by atoms with Crippen LogP contribution in [0.3, 0.4) is 0 Å². The van der Waals surface area contributed by atoms with Crippen molar-refractivity contribution in [1.29, 1.82) is 0 Å². The molecule has 1 rings (SSSR count). The minimum Gasteiger partial charge on any atom is -0.329 e. The molecule has 0 saturated carbocycles. The van der Waals surface area contributed by atoms with Gasteiger partial charge in [-0.15, -0.1) is 12.4 Å². The summed E-state index contributed by atoms with van der Waals surface area (Å²) in [5.74, 6) is 0. The van der Waals surface area contributed by atoms with Crippen LogP contribution in [0.1, 0.15) is 0 Å². The van der Waals surface area contributed by atoms with Gasteiger partial charge in [0, 0.05) is 22.6 Å². The fourth-order valence-corrected chi connectivity index (χ4v) is 3.39. The van der Waals surface area contributed by atoms with E-state index in [1.807, 2.05) is 0 Å². The molecule has 0 fully saturated rings. The highest BCUT2D eigenvalue weighted by Gasteiger charge is 2.16. The maximum Gasteiger partial charge on any atom is 0.241 e. The summed E-state index contributed by atoms with van der Waals surface area (Å²) in [5, 5.41) is 0.472. The fourth-order valence-electron chi connectivity index (χ4n) is 0.964. The van der Waals surface area contributed by atoms with E-state index in [1.54, 1.807) is 0 Å². The number of benzene rings is 1. The van der Waals surface area contributed by atoms with Crippen molar-refractivity contribution in [2.45, 2.75) is 4.90 Å². The molecule has 0 saturated heterocycles.